The standard InChI is InChI=1S/C12H14ClN3O4/c1-12(6-14-7-12)20-5-11(17)15-8-2-3-10(16(18)19)9(13)4-8/h2-4,14H,5-7H2,1H3,(H,15,17). The van der Waals surface area contributed by atoms with Crippen LogP contribution in [0.5, 0.6) is 0 Å². The first-order valence-corrected chi connectivity index (χ1v) is 6.36. The van der Waals surface area contributed by atoms with E-state index in [1.54, 1.807) is 0 Å². The molecule has 1 aromatic rings. The zero-order valence-electron chi connectivity index (χ0n) is 10.8. The normalized spacial score (nSPS) is 16.3. The van der Waals surface area contributed by atoms with Crippen molar-refractivity contribution in [1.29, 1.82) is 0 Å². The molecule has 1 aliphatic rings. The van der Waals surface area contributed by atoms with Crippen LogP contribution in [0.2, 0.25) is 5.02 Å². The van der Waals surface area contributed by atoms with Crippen LogP contribution in [0.1, 0.15) is 6.92 Å². The summed E-state index contributed by atoms with van der Waals surface area (Å²) in [6.07, 6.45) is 0. The van der Waals surface area contributed by atoms with Crippen molar-refractivity contribution in [2.75, 3.05) is 25.0 Å². The van der Waals surface area contributed by atoms with E-state index in [1.807, 2.05) is 6.92 Å². The van der Waals surface area contributed by atoms with Crippen LogP contribution in [0.15, 0.2) is 18.2 Å². The van der Waals surface area contributed by atoms with Crippen LogP contribution < -0.4 is 10.6 Å². The van der Waals surface area contributed by atoms with Gasteiger partial charge in [0.1, 0.15) is 11.6 Å². The molecule has 8 heteroatoms. The van der Waals surface area contributed by atoms with Crippen molar-refractivity contribution < 1.29 is 14.5 Å². The summed E-state index contributed by atoms with van der Waals surface area (Å²) < 4.78 is 5.48. The molecule has 0 radical (unpaired) electrons. The Balaban J connectivity index is 1.91. The Morgan fingerprint density at radius 1 is 1.60 bits per heavy atom. The van der Waals surface area contributed by atoms with Crippen molar-refractivity contribution in [3.05, 3.63) is 33.3 Å². The van der Waals surface area contributed by atoms with E-state index in [0.29, 0.717) is 18.8 Å². The minimum absolute atomic E-state index is 0.0242. The zero-order chi connectivity index (χ0) is 14.8. The third-order valence-corrected chi connectivity index (χ3v) is 3.28. The summed E-state index contributed by atoms with van der Waals surface area (Å²) in [5.41, 5.74) is -0.107. The Hall–Kier alpha value is -1.70. The lowest BCUT2D eigenvalue weighted by atomic mass is 10.0. The summed E-state index contributed by atoms with van der Waals surface area (Å²) >= 11 is 5.76. The molecule has 1 saturated heterocycles. The number of amides is 1. The molecular weight excluding hydrogens is 286 g/mol. The first kappa shape index (κ1) is 14.7. The number of nitrogens with one attached hydrogen (secondary N) is 2. The van der Waals surface area contributed by atoms with E-state index < -0.39 is 4.92 Å². The first-order valence-electron chi connectivity index (χ1n) is 5.98. The lowest BCUT2D eigenvalue weighted by Crippen LogP contribution is -2.59. The Bertz CT molecular complexity index is 546. The van der Waals surface area contributed by atoms with Crippen LogP contribution in [0.4, 0.5) is 11.4 Å². The average molecular weight is 300 g/mol. The number of ether oxygens (including phenoxy) is 1. The van der Waals surface area contributed by atoms with E-state index in [0.717, 1.165) is 0 Å². The van der Waals surface area contributed by atoms with E-state index in [4.69, 9.17) is 16.3 Å². The second-order valence-electron chi connectivity index (χ2n) is 4.81. The maximum absolute atomic E-state index is 11.7. The minimum Gasteiger partial charge on any atom is -0.363 e. The number of rotatable bonds is 5. The van der Waals surface area contributed by atoms with Gasteiger partial charge in [0.25, 0.3) is 5.69 Å². The molecule has 0 aliphatic carbocycles. The maximum atomic E-state index is 11.7. The van der Waals surface area contributed by atoms with Crippen molar-refractivity contribution in [2.45, 2.75) is 12.5 Å². The molecule has 0 spiro atoms. The van der Waals surface area contributed by atoms with Crippen molar-refractivity contribution >= 4 is 28.9 Å². The second kappa shape index (κ2) is 5.74. The summed E-state index contributed by atoms with van der Waals surface area (Å²) in [6, 6.07) is 4.01. The van der Waals surface area contributed by atoms with Gasteiger partial charge < -0.3 is 15.4 Å². The number of nitrogens with zero attached hydrogens (tertiary/aromatic N) is 1. The highest BCUT2D eigenvalue weighted by molar-refractivity contribution is 6.33. The van der Waals surface area contributed by atoms with Crippen molar-refractivity contribution in [3.8, 4) is 0 Å². The first-order chi connectivity index (χ1) is 9.39. The molecule has 1 fully saturated rings. The molecule has 20 heavy (non-hydrogen) atoms. The van der Waals surface area contributed by atoms with Gasteiger partial charge in [-0.15, -0.1) is 0 Å². The number of halogens is 1. The van der Waals surface area contributed by atoms with Gasteiger partial charge in [0.15, 0.2) is 0 Å². The summed E-state index contributed by atoms with van der Waals surface area (Å²) in [5, 5.41) is 16.2. The third-order valence-electron chi connectivity index (χ3n) is 2.98. The zero-order valence-corrected chi connectivity index (χ0v) is 11.6. The number of carbonyl (C=O) groups is 1. The fraction of sp³-hybridized carbons (Fsp3) is 0.417. The summed E-state index contributed by atoms with van der Waals surface area (Å²) in [6.45, 7) is 3.26. The lowest BCUT2D eigenvalue weighted by Gasteiger charge is -2.38. The van der Waals surface area contributed by atoms with Crippen LogP contribution in [-0.2, 0) is 9.53 Å². The SMILES string of the molecule is CC1(OCC(=O)Nc2ccc([N+](=O)[O-])c(Cl)c2)CNC1. The van der Waals surface area contributed by atoms with Gasteiger partial charge in [-0.05, 0) is 19.1 Å². The molecule has 2 N–H and O–H groups in total. The van der Waals surface area contributed by atoms with Gasteiger partial charge in [-0.3, -0.25) is 14.9 Å². The van der Waals surface area contributed by atoms with Crippen LogP contribution in [0.3, 0.4) is 0 Å². The number of nitro benzene ring substituents is 1. The highest BCUT2D eigenvalue weighted by Gasteiger charge is 2.33. The van der Waals surface area contributed by atoms with Crippen LogP contribution in [-0.4, -0.2) is 36.1 Å². The molecule has 1 amide bonds. The molecule has 1 aliphatic heterocycles. The predicted molar refractivity (Wildman–Crippen MR) is 74.0 cm³/mol. The molecular formula is C12H14ClN3O4. The number of carbonyl (C=O) groups excluding carboxylic acids is 1. The Morgan fingerprint density at radius 3 is 2.80 bits per heavy atom. The lowest BCUT2D eigenvalue weighted by molar-refractivity contribution is -0.384. The Labute approximate surface area is 120 Å². The summed E-state index contributed by atoms with van der Waals surface area (Å²) in [4.78, 5) is 21.7. The molecule has 108 valence electrons. The molecule has 1 heterocycles. The van der Waals surface area contributed by atoms with Crippen molar-refractivity contribution in [2.24, 2.45) is 0 Å². The van der Waals surface area contributed by atoms with Crippen molar-refractivity contribution in [1.82, 2.24) is 5.32 Å². The highest BCUT2D eigenvalue weighted by Crippen LogP contribution is 2.27. The smallest absolute Gasteiger partial charge is 0.288 e. The van der Waals surface area contributed by atoms with Gasteiger partial charge in [0.2, 0.25) is 5.91 Å². The predicted octanol–water partition coefficient (Wildman–Crippen LogP) is 1.57. The molecule has 0 aromatic heterocycles. The van der Waals surface area contributed by atoms with Gasteiger partial charge in [-0.25, -0.2) is 0 Å². The minimum atomic E-state index is -0.582. The molecule has 7 nitrogen and oxygen atoms in total. The number of hydrogen-bond acceptors (Lipinski definition) is 5. The molecule has 2 rings (SSSR count). The monoisotopic (exact) mass is 299 g/mol. The van der Waals surface area contributed by atoms with Gasteiger partial charge >= 0.3 is 0 Å². The van der Waals surface area contributed by atoms with E-state index in [1.165, 1.54) is 18.2 Å². The fourth-order valence-electron chi connectivity index (χ4n) is 1.75. The largest absolute Gasteiger partial charge is 0.363 e. The quantitative estimate of drug-likeness (QED) is 0.636. The number of hydrogen-bond donors (Lipinski definition) is 2. The average Bonchev–Trinajstić information content (AvgIpc) is 2.33. The van der Waals surface area contributed by atoms with Crippen molar-refractivity contribution in [3.63, 3.8) is 0 Å². The van der Waals surface area contributed by atoms with Gasteiger partial charge in [0, 0.05) is 24.8 Å². The molecule has 0 saturated carbocycles. The second-order valence-corrected chi connectivity index (χ2v) is 5.22. The Morgan fingerprint density at radius 2 is 2.30 bits per heavy atom. The third kappa shape index (κ3) is 3.44. The highest BCUT2D eigenvalue weighted by atomic mass is 35.5. The number of nitro groups is 1. The van der Waals surface area contributed by atoms with E-state index in [9.17, 15) is 14.9 Å². The van der Waals surface area contributed by atoms with Crippen LogP contribution >= 0.6 is 11.6 Å². The van der Waals surface area contributed by atoms with Gasteiger partial charge in [-0.2, -0.15) is 0 Å². The topological polar surface area (TPSA) is 93.5 Å². The molecule has 0 atom stereocenters. The van der Waals surface area contributed by atoms with Crippen LogP contribution in [0, 0.1) is 10.1 Å². The number of benzene rings is 1. The van der Waals surface area contributed by atoms with Crippen LogP contribution in [0.25, 0.3) is 0 Å². The maximum Gasteiger partial charge on any atom is 0.288 e. The number of anilines is 1. The Kier molecular flexibility index (Phi) is 4.22. The van der Waals surface area contributed by atoms with E-state index >= 15 is 0 Å². The fourth-order valence-corrected chi connectivity index (χ4v) is 2.00. The van der Waals surface area contributed by atoms with E-state index in [-0.39, 0.29) is 28.8 Å². The molecule has 1 aromatic carbocycles. The van der Waals surface area contributed by atoms with E-state index in [2.05, 4.69) is 10.6 Å². The summed E-state index contributed by atoms with van der Waals surface area (Å²) in [7, 11) is 0. The molecule has 0 bridgehead atoms. The van der Waals surface area contributed by atoms with Gasteiger partial charge in [-0.1, -0.05) is 11.6 Å². The van der Waals surface area contributed by atoms with Gasteiger partial charge in [0.05, 0.1) is 10.5 Å². The molecule has 0 unspecified atom stereocenters. The summed E-state index contributed by atoms with van der Waals surface area (Å²) in [5.74, 6) is -0.331.